The lowest BCUT2D eigenvalue weighted by molar-refractivity contribution is -0.131. The van der Waals surface area contributed by atoms with Crippen LogP contribution in [-0.4, -0.2) is 36.4 Å². The lowest BCUT2D eigenvalue weighted by Crippen LogP contribution is -2.39. The van der Waals surface area contributed by atoms with Crippen molar-refractivity contribution in [1.82, 2.24) is 10.2 Å². The molecule has 1 saturated heterocycles. The van der Waals surface area contributed by atoms with Crippen LogP contribution in [0.15, 0.2) is 41.8 Å². The van der Waals surface area contributed by atoms with Crippen molar-refractivity contribution in [2.75, 3.05) is 19.7 Å². The molecule has 1 aliphatic heterocycles. The molecule has 0 bridgehead atoms. The highest BCUT2D eigenvalue weighted by molar-refractivity contribution is 7.10. The van der Waals surface area contributed by atoms with Crippen LogP contribution in [0.2, 0.25) is 0 Å². The summed E-state index contributed by atoms with van der Waals surface area (Å²) in [5.41, 5.74) is 0.521. The molecule has 0 saturated carbocycles. The lowest BCUT2D eigenvalue weighted by atomic mass is 10.2. The van der Waals surface area contributed by atoms with Gasteiger partial charge in [-0.15, -0.1) is 11.3 Å². The average molecular weight is 358 g/mol. The molecule has 25 heavy (non-hydrogen) atoms. The van der Waals surface area contributed by atoms with Crippen molar-refractivity contribution in [2.45, 2.75) is 25.8 Å². The molecule has 132 valence electrons. The van der Waals surface area contributed by atoms with Crippen molar-refractivity contribution in [3.05, 3.63) is 52.2 Å². The number of nitrogens with one attached hydrogen (secondary N) is 1. The maximum absolute atomic E-state index is 12.5. The van der Waals surface area contributed by atoms with Crippen molar-refractivity contribution in [2.24, 2.45) is 0 Å². The minimum absolute atomic E-state index is 0.0217. The Morgan fingerprint density at radius 1 is 1.28 bits per heavy atom. The first-order chi connectivity index (χ1) is 12.2. The van der Waals surface area contributed by atoms with E-state index in [2.05, 4.69) is 11.4 Å². The van der Waals surface area contributed by atoms with Crippen molar-refractivity contribution in [1.29, 1.82) is 0 Å². The van der Waals surface area contributed by atoms with E-state index < -0.39 is 0 Å². The van der Waals surface area contributed by atoms with Gasteiger partial charge in [-0.25, -0.2) is 0 Å². The van der Waals surface area contributed by atoms with E-state index in [-0.39, 0.29) is 24.4 Å². The third kappa shape index (κ3) is 4.20. The second-order valence-electron chi connectivity index (χ2n) is 5.90. The van der Waals surface area contributed by atoms with Crippen LogP contribution in [0.5, 0.6) is 5.75 Å². The van der Waals surface area contributed by atoms with Gasteiger partial charge in [0.2, 0.25) is 5.91 Å². The molecule has 1 aromatic heterocycles. The molecule has 5 nitrogen and oxygen atoms in total. The Hall–Kier alpha value is -2.34. The van der Waals surface area contributed by atoms with Gasteiger partial charge in [-0.3, -0.25) is 9.59 Å². The highest BCUT2D eigenvalue weighted by atomic mass is 32.1. The number of hydrogen-bond acceptors (Lipinski definition) is 4. The van der Waals surface area contributed by atoms with Crippen molar-refractivity contribution in [3.63, 3.8) is 0 Å². The van der Waals surface area contributed by atoms with Crippen LogP contribution < -0.4 is 10.1 Å². The largest absolute Gasteiger partial charge is 0.494 e. The van der Waals surface area contributed by atoms with Gasteiger partial charge in [0.25, 0.3) is 5.91 Å². The molecule has 3 rings (SSSR count). The Bertz CT molecular complexity index is 713. The number of nitrogens with zero attached hydrogens (tertiary/aromatic N) is 1. The van der Waals surface area contributed by atoms with Crippen LogP contribution in [0.3, 0.4) is 0 Å². The summed E-state index contributed by atoms with van der Waals surface area (Å²) < 4.78 is 5.36. The summed E-state index contributed by atoms with van der Waals surface area (Å²) in [6.45, 7) is 3.27. The van der Waals surface area contributed by atoms with E-state index in [4.69, 9.17) is 4.74 Å². The fourth-order valence-electron chi connectivity index (χ4n) is 3.07. The number of thiophene rings is 1. The van der Waals surface area contributed by atoms with Crippen molar-refractivity contribution in [3.8, 4) is 5.75 Å². The zero-order valence-electron chi connectivity index (χ0n) is 14.2. The number of amides is 2. The van der Waals surface area contributed by atoms with Gasteiger partial charge >= 0.3 is 0 Å². The van der Waals surface area contributed by atoms with Gasteiger partial charge in [0, 0.05) is 17.0 Å². The topological polar surface area (TPSA) is 58.6 Å². The number of rotatable bonds is 6. The Kier molecular flexibility index (Phi) is 5.71. The number of carbonyl (C=O) groups excluding carboxylic acids is 2. The van der Waals surface area contributed by atoms with E-state index in [0.29, 0.717) is 12.2 Å². The molecule has 1 aliphatic rings. The fourth-order valence-corrected chi connectivity index (χ4v) is 3.94. The highest BCUT2D eigenvalue weighted by Gasteiger charge is 2.30. The minimum Gasteiger partial charge on any atom is -0.494 e. The molecule has 1 fully saturated rings. The number of carbonyl (C=O) groups is 2. The molecule has 1 unspecified atom stereocenters. The Balaban J connectivity index is 1.55. The summed E-state index contributed by atoms with van der Waals surface area (Å²) in [7, 11) is 0. The molecule has 0 aliphatic carbocycles. The van der Waals surface area contributed by atoms with Crippen LogP contribution in [0, 0.1) is 0 Å². The lowest BCUT2D eigenvalue weighted by Gasteiger charge is -2.24. The summed E-state index contributed by atoms with van der Waals surface area (Å²) in [6, 6.07) is 11.1. The molecule has 2 aromatic rings. The predicted molar refractivity (Wildman–Crippen MR) is 98.0 cm³/mol. The number of likely N-dealkylation sites (tertiary alicyclic amines) is 1. The second-order valence-corrected chi connectivity index (χ2v) is 6.88. The normalized spacial score (nSPS) is 16.7. The standard InChI is InChI=1S/C19H22N2O3S/c1-2-24-15-9-7-14(8-10-15)19(23)20-13-18(22)21-11-3-5-16(21)17-6-4-12-25-17/h4,6-10,12,16H,2-3,5,11,13H2,1H3,(H,20,23). The van der Waals surface area contributed by atoms with Crippen molar-refractivity contribution < 1.29 is 14.3 Å². The van der Waals surface area contributed by atoms with Gasteiger partial charge in [-0.2, -0.15) is 0 Å². The molecule has 2 amide bonds. The fraction of sp³-hybridized carbons (Fsp3) is 0.368. The van der Waals surface area contributed by atoms with E-state index in [1.54, 1.807) is 35.6 Å². The molecule has 1 aromatic carbocycles. The van der Waals surface area contributed by atoms with Crippen LogP contribution in [-0.2, 0) is 4.79 Å². The first-order valence-corrected chi connectivity index (χ1v) is 9.41. The molecule has 0 radical (unpaired) electrons. The second kappa shape index (κ2) is 8.16. The number of hydrogen-bond donors (Lipinski definition) is 1. The number of benzene rings is 1. The maximum Gasteiger partial charge on any atom is 0.251 e. The molecular weight excluding hydrogens is 336 g/mol. The molecule has 0 spiro atoms. The zero-order chi connectivity index (χ0) is 17.6. The molecular formula is C19H22N2O3S. The highest BCUT2D eigenvalue weighted by Crippen LogP contribution is 2.34. The summed E-state index contributed by atoms with van der Waals surface area (Å²) in [5.74, 6) is 0.449. The Morgan fingerprint density at radius 2 is 2.08 bits per heavy atom. The van der Waals surface area contributed by atoms with Gasteiger partial charge in [-0.1, -0.05) is 6.07 Å². The molecule has 6 heteroatoms. The SMILES string of the molecule is CCOc1ccc(C(=O)NCC(=O)N2CCCC2c2cccs2)cc1. The van der Waals surface area contributed by atoms with E-state index in [1.807, 2.05) is 23.3 Å². The van der Waals surface area contributed by atoms with E-state index in [9.17, 15) is 9.59 Å². The van der Waals surface area contributed by atoms with E-state index >= 15 is 0 Å². The molecule has 1 atom stereocenters. The number of ether oxygens (including phenoxy) is 1. The Morgan fingerprint density at radius 3 is 2.76 bits per heavy atom. The van der Waals surface area contributed by atoms with Crippen LogP contribution >= 0.6 is 11.3 Å². The van der Waals surface area contributed by atoms with E-state index in [1.165, 1.54) is 4.88 Å². The third-order valence-electron chi connectivity index (χ3n) is 4.27. The third-order valence-corrected chi connectivity index (χ3v) is 5.25. The van der Waals surface area contributed by atoms with E-state index in [0.717, 1.165) is 25.1 Å². The summed E-state index contributed by atoms with van der Waals surface area (Å²) >= 11 is 1.67. The average Bonchev–Trinajstić information content (AvgIpc) is 3.31. The predicted octanol–water partition coefficient (Wildman–Crippen LogP) is 3.24. The van der Waals surface area contributed by atoms with Crippen LogP contribution in [0.25, 0.3) is 0 Å². The minimum atomic E-state index is -0.247. The van der Waals surface area contributed by atoms with Gasteiger partial charge in [0.1, 0.15) is 5.75 Å². The van der Waals surface area contributed by atoms with Crippen LogP contribution in [0.4, 0.5) is 0 Å². The van der Waals surface area contributed by atoms with Crippen molar-refractivity contribution >= 4 is 23.2 Å². The summed E-state index contributed by atoms with van der Waals surface area (Å²) in [4.78, 5) is 27.8. The van der Waals surface area contributed by atoms with Crippen LogP contribution in [0.1, 0.15) is 41.0 Å². The monoisotopic (exact) mass is 358 g/mol. The molecule has 2 heterocycles. The smallest absolute Gasteiger partial charge is 0.251 e. The summed E-state index contributed by atoms with van der Waals surface area (Å²) in [5, 5.41) is 4.76. The van der Waals surface area contributed by atoms with Gasteiger partial charge in [0.15, 0.2) is 0 Å². The summed E-state index contributed by atoms with van der Waals surface area (Å²) in [6.07, 6.45) is 1.99. The molecule has 1 N–H and O–H groups in total. The van der Waals surface area contributed by atoms with Gasteiger partial charge in [-0.05, 0) is 55.5 Å². The Labute approximate surface area is 151 Å². The first kappa shape index (κ1) is 17.5. The first-order valence-electron chi connectivity index (χ1n) is 8.53. The quantitative estimate of drug-likeness (QED) is 0.862. The van der Waals surface area contributed by atoms with Gasteiger partial charge in [0.05, 0.1) is 19.2 Å². The zero-order valence-corrected chi connectivity index (χ0v) is 15.1. The van der Waals surface area contributed by atoms with Gasteiger partial charge < -0.3 is 15.0 Å². The maximum atomic E-state index is 12.5.